The minimum Gasteiger partial charge on any atom is -0.455 e. The molecule has 268 valence electrons. The van der Waals surface area contributed by atoms with Crippen LogP contribution in [0.4, 0.5) is 0 Å². The summed E-state index contributed by atoms with van der Waals surface area (Å²) in [6.07, 6.45) is 0. The summed E-state index contributed by atoms with van der Waals surface area (Å²) in [6, 6.07) is 71.5. The maximum absolute atomic E-state index is 7.24. The standard InChI is InChI=1S/C55H32N2O/c1-2-14-33(15-3-1)56-47-24-12-7-19-41(47)51-49(56)30-28-39-40-29-31-50-52(54(40)58-53(39)51)42-20-8-13-25-48(42)57(50)34-26-27-38-37-18-6-11-23-45(37)55(46(38)32-34)43-21-9-4-16-35(43)36-17-5-10-22-44(36)55/h1-32H. The van der Waals surface area contributed by atoms with Gasteiger partial charge in [0.1, 0.15) is 11.2 Å². The van der Waals surface area contributed by atoms with Gasteiger partial charge in [0.2, 0.25) is 0 Å². The molecule has 0 saturated carbocycles. The summed E-state index contributed by atoms with van der Waals surface area (Å²) in [5.74, 6) is 0. The van der Waals surface area contributed by atoms with Crippen molar-refractivity contribution in [3.05, 3.63) is 216 Å². The van der Waals surface area contributed by atoms with E-state index in [4.69, 9.17) is 4.42 Å². The van der Waals surface area contributed by atoms with Crippen molar-refractivity contribution in [2.75, 3.05) is 0 Å². The number of benzene rings is 9. The molecule has 0 saturated heterocycles. The van der Waals surface area contributed by atoms with E-state index in [9.17, 15) is 0 Å². The molecule has 3 nitrogen and oxygen atoms in total. The van der Waals surface area contributed by atoms with Gasteiger partial charge >= 0.3 is 0 Å². The van der Waals surface area contributed by atoms with Crippen molar-refractivity contribution < 1.29 is 4.42 Å². The van der Waals surface area contributed by atoms with E-state index in [2.05, 4.69) is 203 Å². The van der Waals surface area contributed by atoms with Gasteiger partial charge in [-0.2, -0.15) is 0 Å². The fourth-order valence-electron chi connectivity index (χ4n) is 11.2. The fraction of sp³-hybridized carbons (Fsp3) is 0.0182. The van der Waals surface area contributed by atoms with Crippen molar-refractivity contribution >= 4 is 65.6 Å². The number of hydrogen-bond acceptors (Lipinski definition) is 1. The van der Waals surface area contributed by atoms with E-state index in [1.54, 1.807) is 0 Å². The molecule has 0 N–H and O–H groups in total. The highest BCUT2D eigenvalue weighted by molar-refractivity contribution is 6.29. The number of rotatable bonds is 2. The Labute approximate surface area is 333 Å². The minimum atomic E-state index is -0.413. The van der Waals surface area contributed by atoms with Crippen LogP contribution >= 0.6 is 0 Å². The van der Waals surface area contributed by atoms with Crippen molar-refractivity contribution in [2.24, 2.45) is 0 Å². The molecule has 12 aromatic rings. The van der Waals surface area contributed by atoms with Crippen LogP contribution in [0.25, 0.3) is 99.2 Å². The Morgan fingerprint density at radius 2 is 0.759 bits per heavy atom. The topological polar surface area (TPSA) is 23.0 Å². The SMILES string of the molecule is c1ccc(-n2c3ccccc3c3c4oc5c(ccc6c5c5ccccc5n6-c5ccc6c(c5)C5(c7ccccc7-c7ccccc75)c5ccccc5-6)c4ccc32)cc1. The summed E-state index contributed by atoms with van der Waals surface area (Å²) in [4.78, 5) is 0. The van der Waals surface area contributed by atoms with Crippen LogP contribution in [0.3, 0.4) is 0 Å². The van der Waals surface area contributed by atoms with Gasteiger partial charge in [0.15, 0.2) is 0 Å². The lowest BCUT2D eigenvalue weighted by molar-refractivity contribution is 0.677. The molecule has 3 heteroatoms. The van der Waals surface area contributed by atoms with Gasteiger partial charge in [0.05, 0.1) is 38.3 Å². The largest absolute Gasteiger partial charge is 0.455 e. The van der Waals surface area contributed by atoms with Crippen LogP contribution in [-0.2, 0) is 5.41 Å². The molecular weight excluding hydrogens is 705 g/mol. The zero-order valence-electron chi connectivity index (χ0n) is 31.3. The number of aromatic nitrogens is 2. The molecule has 14 rings (SSSR count). The minimum absolute atomic E-state index is 0.413. The summed E-state index contributed by atoms with van der Waals surface area (Å²) in [5.41, 5.74) is 18.9. The summed E-state index contributed by atoms with van der Waals surface area (Å²) >= 11 is 0. The van der Waals surface area contributed by atoms with Crippen LogP contribution in [-0.4, -0.2) is 9.13 Å². The van der Waals surface area contributed by atoms with Crippen molar-refractivity contribution in [1.29, 1.82) is 0 Å². The van der Waals surface area contributed by atoms with Gasteiger partial charge in [-0.3, -0.25) is 0 Å². The normalized spacial score (nSPS) is 13.7. The van der Waals surface area contributed by atoms with Crippen LogP contribution in [0.1, 0.15) is 22.3 Å². The number of nitrogens with zero attached hydrogens (tertiary/aromatic N) is 2. The first-order valence-electron chi connectivity index (χ1n) is 20.1. The Morgan fingerprint density at radius 3 is 1.31 bits per heavy atom. The summed E-state index contributed by atoms with van der Waals surface area (Å²) in [7, 11) is 0. The van der Waals surface area contributed by atoms with Gasteiger partial charge < -0.3 is 13.6 Å². The van der Waals surface area contributed by atoms with Gasteiger partial charge in [-0.1, -0.05) is 133 Å². The molecule has 2 aliphatic rings. The summed E-state index contributed by atoms with van der Waals surface area (Å²) in [6.45, 7) is 0. The molecule has 2 aliphatic carbocycles. The second-order valence-corrected chi connectivity index (χ2v) is 15.9. The number of hydrogen-bond donors (Lipinski definition) is 0. The first kappa shape index (κ1) is 30.6. The molecule has 1 spiro atoms. The molecule has 0 atom stereocenters. The van der Waals surface area contributed by atoms with Gasteiger partial charge in [-0.15, -0.1) is 0 Å². The van der Waals surface area contributed by atoms with Gasteiger partial charge in [-0.05, 0) is 105 Å². The van der Waals surface area contributed by atoms with Gasteiger partial charge in [-0.25, -0.2) is 0 Å². The maximum atomic E-state index is 7.24. The summed E-state index contributed by atoms with van der Waals surface area (Å²) < 4.78 is 12.1. The lowest BCUT2D eigenvalue weighted by Crippen LogP contribution is -2.26. The Morgan fingerprint density at radius 1 is 0.310 bits per heavy atom. The molecule has 9 aromatic carbocycles. The smallest absolute Gasteiger partial charge is 0.145 e. The average molecular weight is 737 g/mol. The van der Waals surface area contributed by atoms with Crippen LogP contribution < -0.4 is 0 Å². The van der Waals surface area contributed by atoms with Crippen molar-refractivity contribution in [3.63, 3.8) is 0 Å². The Balaban J connectivity index is 1.06. The number of fused-ring (bicyclic) bond motifs is 21. The van der Waals surface area contributed by atoms with Gasteiger partial charge in [0, 0.05) is 32.9 Å². The van der Waals surface area contributed by atoms with Gasteiger partial charge in [0.25, 0.3) is 0 Å². The van der Waals surface area contributed by atoms with E-state index in [0.29, 0.717) is 0 Å². The van der Waals surface area contributed by atoms with E-state index in [1.165, 1.54) is 60.8 Å². The lowest BCUT2D eigenvalue weighted by atomic mass is 9.70. The predicted octanol–water partition coefficient (Wildman–Crippen LogP) is 14.1. The molecule has 0 bridgehead atoms. The van der Waals surface area contributed by atoms with E-state index < -0.39 is 5.41 Å². The van der Waals surface area contributed by atoms with Crippen LogP contribution in [0.5, 0.6) is 0 Å². The second-order valence-electron chi connectivity index (χ2n) is 15.9. The molecule has 3 aromatic heterocycles. The molecule has 0 fully saturated rings. The molecule has 0 amide bonds. The van der Waals surface area contributed by atoms with Crippen molar-refractivity contribution in [1.82, 2.24) is 9.13 Å². The van der Waals surface area contributed by atoms with E-state index in [1.807, 2.05) is 0 Å². The first-order chi connectivity index (χ1) is 28.8. The van der Waals surface area contributed by atoms with Crippen LogP contribution in [0.2, 0.25) is 0 Å². The molecule has 58 heavy (non-hydrogen) atoms. The highest BCUT2D eigenvalue weighted by atomic mass is 16.3. The molecular formula is C55H32N2O. The number of furan rings is 1. The Hall–Kier alpha value is -7.62. The number of para-hydroxylation sites is 3. The first-order valence-corrected chi connectivity index (χ1v) is 20.1. The Bertz CT molecular complexity index is 3680. The molecule has 3 heterocycles. The van der Waals surface area contributed by atoms with E-state index in [0.717, 1.165) is 60.6 Å². The third kappa shape index (κ3) is 3.57. The third-order valence-corrected chi connectivity index (χ3v) is 13.3. The predicted molar refractivity (Wildman–Crippen MR) is 239 cm³/mol. The molecule has 0 aliphatic heterocycles. The maximum Gasteiger partial charge on any atom is 0.145 e. The lowest BCUT2D eigenvalue weighted by Gasteiger charge is -2.30. The summed E-state index contributed by atoms with van der Waals surface area (Å²) in [5, 5.41) is 6.91. The highest BCUT2D eigenvalue weighted by Crippen LogP contribution is 2.63. The molecule has 0 unspecified atom stereocenters. The quantitative estimate of drug-likeness (QED) is 0.173. The monoisotopic (exact) mass is 736 g/mol. The zero-order chi connectivity index (χ0) is 37.7. The van der Waals surface area contributed by atoms with Crippen molar-refractivity contribution in [2.45, 2.75) is 5.41 Å². The second kappa shape index (κ2) is 10.8. The molecule has 0 radical (unpaired) electrons. The third-order valence-electron chi connectivity index (χ3n) is 13.3. The van der Waals surface area contributed by atoms with Crippen molar-refractivity contribution in [3.8, 4) is 33.6 Å². The van der Waals surface area contributed by atoms with E-state index >= 15 is 0 Å². The average Bonchev–Trinajstić information content (AvgIpc) is 4.07. The van der Waals surface area contributed by atoms with E-state index in [-0.39, 0.29) is 0 Å². The zero-order valence-corrected chi connectivity index (χ0v) is 31.3. The fourth-order valence-corrected chi connectivity index (χ4v) is 11.2. The van der Waals surface area contributed by atoms with Crippen LogP contribution in [0.15, 0.2) is 199 Å². The Kier molecular flexibility index (Phi) is 5.70. The van der Waals surface area contributed by atoms with Crippen LogP contribution in [0, 0.1) is 0 Å². The highest BCUT2D eigenvalue weighted by Gasteiger charge is 2.51.